The number of aryl methyl sites for hydroxylation is 1. The van der Waals surface area contributed by atoms with Crippen LogP contribution in [0.4, 0.5) is 0 Å². The first-order valence-corrected chi connectivity index (χ1v) is 8.77. The number of ether oxygens (including phenoxy) is 1. The fourth-order valence-corrected chi connectivity index (χ4v) is 3.93. The second kappa shape index (κ2) is 5.71. The summed E-state index contributed by atoms with van der Waals surface area (Å²) in [5, 5.41) is 31.6. The van der Waals surface area contributed by atoms with Crippen LogP contribution in [0.5, 0.6) is 0 Å². The minimum atomic E-state index is -1.16. The first kappa shape index (κ1) is 15.9. The SMILES string of the molecule is CSc1ncnc2c1c1c(ccn1C)n2C1O[C@H](CO)[C@@H](O)[C@H]1O. The van der Waals surface area contributed by atoms with E-state index in [9.17, 15) is 15.3 Å². The van der Waals surface area contributed by atoms with E-state index in [1.807, 2.05) is 30.1 Å². The summed E-state index contributed by atoms with van der Waals surface area (Å²) in [6.45, 7) is -0.364. The lowest BCUT2D eigenvalue weighted by Gasteiger charge is -2.18. The van der Waals surface area contributed by atoms with Crippen LogP contribution in [-0.4, -0.2) is 65.6 Å². The molecular formula is C15H18N4O4S. The van der Waals surface area contributed by atoms with Crippen molar-refractivity contribution in [2.45, 2.75) is 29.6 Å². The van der Waals surface area contributed by atoms with Gasteiger partial charge in [-0.1, -0.05) is 0 Å². The van der Waals surface area contributed by atoms with Crippen molar-refractivity contribution in [3.63, 3.8) is 0 Å². The molecule has 0 bridgehead atoms. The molecule has 1 saturated heterocycles. The van der Waals surface area contributed by atoms with E-state index in [1.54, 1.807) is 4.57 Å². The zero-order valence-electron chi connectivity index (χ0n) is 13.2. The van der Waals surface area contributed by atoms with Crippen molar-refractivity contribution in [3.05, 3.63) is 18.6 Å². The Morgan fingerprint density at radius 2 is 2.08 bits per heavy atom. The molecule has 4 atom stereocenters. The van der Waals surface area contributed by atoms with Crippen LogP contribution in [0.2, 0.25) is 0 Å². The summed E-state index contributed by atoms with van der Waals surface area (Å²) in [6.07, 6.45) is 1.36. The second-order valence-electron chi connectivity index (χ2n) is 5.84. The van der Waals surface area contributed by atoms with Gasteiger partial charge in [0.05, 0.1) is 23.0 Å². The summed E-state index contributed by atoms with van der Waals surface area (Å²) in [4.78, 5) is 8.72. The number of nitrogens with zero attached hydrogens (tertiary/aromatic N) is 4. The van der Waals surface area contributed by atoms with E-state index in [-0.39, 0.29) is 6.61 Å². The molecule has 4 rings (SSSR count). The highest BCUT2D eigenvalue weighted by Crippen LogP contribution is 2.39. The molecule has 0 aromatic carbocycles. The van der Waals surface area contributed by atoms with Crippen molar-refractivity contribution in [2.24, 2.45) is 7.05 Å². The molecule has 4 heterocycles. The van der Waals surface area contributed by atoms with Crippen molar-refractivity contribution in [1.29, 1.82) is 0 Å². The molecule has 3 aromatic heterocycles. The van der Waals surface area contributed by atoms with Crippen LogP contribution in [0.25, 0.3) is 22.1 Å². The molecule has 1 fully saturated rings. The van der Waals surface area contributed by atoms with Crippen molar-refractivity contribution in [3.8, 4) is 0 Å². The van der Waals surface area contributed by atoms with Crippen LogP contribution in [0.15, 0.2) is 23.6 Å². The number of hydrogen-bond acceptors (Lipinski definition) is 7. The molecule has 0 amide bonds. The summed E-state index contributed by atoms with van der Waals surface area (Å²) in [7, 11) is 1.93. The van der Waals surface area contributed by atoms with Gasteiger partial charge in [0.25, 0.3) is 0 Å². The Morgan fingerprint density at radius 1 is 1.29 bits per heavy atom. The van der Waals surface area contributed by atoms with Crippen LogP contribution in [0, 0.1) is 0 Å². The molecule has 9 heteroatoms. The Bertz CT molecular complexity index is 908. The molecule has 0 spiro atoms. The number of aliphatic hydroxyl groups excluding tert-OH is 3. The van der Waals surface area contributed by atoms with Crippen LogP contribution < -0.4 is 0 Å². The van der Waals surface area contributed by atoms with Gasteiger partial charge in [-0.15, -0.1) is 11.8 Å². The molecule has 0 saturated carbocycles. The molecule has 24 heavy (non-hydrogen) atoms. The van der Waals surface area contributed by atoms with E-state index >= 15 is 0 Å². The largest absolute Gasteiger partial charge is 0.394 e. The van der Waals surface area contributed by atoms with E-state index in [0.29, 0.717) is 5.65 Å². The third-order valence-corrected chi connectivity index (χ3v) is 5.23. The van der Waals surface area contributed by atoms with Crippen LogP contribution in [0.1, 0.15) is 6.23 Å². The van der Waals surface area contributed by atoms with Crippen molar-refractivity contribution >= 4 is 33.8 Å². The van der Waals surface area contributed by atoms with Gasteiger partial charge >= 0.3 is 0 Å². The van der Waals surface area contributed by atoms with Crippen molar-refractivity contribution in [1.82, 2.24) is 19.1 Å². The van der Waals surface area contributed by atoms with E-state index in [1.165, 1.54) is 18.1 Å². The second-order valence-corrected chi connectivity index (χ2v) is 6.64. The van der Waals surface area contributed by atoms with Crippen LogP contribution >= 0.6 is 11.8 Å². The first-order chi connectivity index (χ1) is 11.6. The van der Waals surface area contributed by atoms with Gasteiger partial charge in [0.1, 0.15) is 35.3 Å². The number of hydrogen-bond donors (Lipinski definition) is 3. The lowest BCUT2D eigenvalue weighted by Crippen LogP contribution is -2.33. The standard InChI is InChI=1S/C15H18N4O4S/c1-18-4-3-7-10(18)9-13(16-6-17-14(9)24-2)19(7)15-12(22)11(21)8(5-20)23-15/h3-4,6,8,11-12,15,20-22H,5H2,1-2H3/t8-,11-,12-,15?/m1/s1. The lowest BCUT2D eigenvalue weighted by molar-refractivity contribution is -0.0489. The summed E-state index contributed by atoms with van der Waals surface area (Å²) >= 11 is 1.52. The maximum Gasteiger partial charge on any atom is 0.165 e. The zero-order chi connectivity index (χ0) is 17.0. The summed E-state index contributed by atoms with van der Waals surface area (Å²) in [6, 6.07) is 1.91. The lowest BCUT2D eigenvalue weighted by atomic mass is 10.1. The van der Waals surface area contributed by atoms with Gasteiger partial charge < -0.3 is 24.6 Å². The maximum atomic E-state index is 10.4. The van der Waals surface area contributed by atoms with E-state index in [0.717, 1.165) is 21.4 Å². The molecule has 128 valence electrons. The minimum absolute atomic E-state index is 0.364. The average molecular weight is 350 g/mol. The average Bonchev–Trinajstić information content (AvgIpc) is 3.21. The smallest absolute Gasteiger partial charge is 0.165 e. The monoisotopic (exact) mass is 350 g/mol. The maximum absolute atomic E-state index is 10.4. The highest BCUT2D eigenvalue weighted by Gasteiger charge is 2.44. The Balaban J connectivity index is 2.01. The molecular weight excluding hydrogens is 332 g/mol. The zero-order valence-corrected chi connectivity index (χ0v) is 14.0. The Kier molecular flexibility index (Phi) is 3.77. The third kappa shape index (κ3) is 2.02. The van der Waals surface area contributed by atoms with Gasteiger partial charge in [0.15, 0.2) is 6.23 Å². The quantitative estimate of drug-likeness (QED) is 0.459. The normalized spacial score (nSPS) is 27.5. The molecule has 0 aliphatic carbocycles. The third-order valence-electron chi connectivity index (χ3n) is 4.53. The van der Waals surface area contributed by atoms with Gasteiger partial charge in [-0.2, -0.15) is 0 Å². The summed E-state index contributed by atoms with van der Waals surface area (Å²) in [5.41, 5.74) is 2.40. The van der Waals surface area contributed by atoms with E-state index in [2.05, 4.69) is 9.97 Å². The van der Waals surface area contributed by atoms with Gasteiger partial charge in [0, 0.05) is 13.2 Å². The predicted octanol–water partition coefficient (Wildman–Crippen LogP) is 0.256. The molecule has 8 nitrogen and oxygen atoms in total. The molecule has 3 aromatic rings. The fraction of sp³-hybridized carbons (Fsp3) is 0.467. The van der Waals surface area contributed by atoms with Gasteiger partial charge in [0.2, 0.25) is 0 Å². The first-order valence-electron chi connectivity index (χ1n) is 7.54. The van der Waals surface area contributed by atoms with E-state index < -0.39 is 24.5 Å². The highest BCUT2D eigenvalue weighted by atomic mass is 32.2. The predicted molar refractivity (Wildman–Crippen MR) is 88.8 cm³/mol. The van der Waals surface area contributed by atoms with Gasteiger partial charge in [-0.05, 0) is 12.3 Å². The number of thioether (sulfide) groups is 1. The number of fused-ring (bicyclic) bond motifs is 3. The molecule has 0 radical (unpaired) electrons. The molecule has 1 unspecified atom stereocenters. The summed E-state index contributed by atoms with van der Waals surface area (Å²) < 4.78 is 9.46. The topological polar surface area (TPSA) is 106 Å². The fourth-order valence-electron chi connectivity index (χ4n) is 3.39. The molecule has 3 N–H and O–H groups in total. The van der Waals surface area contributed by atoms with Gasteiger partial charge in [-0.3, -0.25) is 4.57 Å². The number of rotatable bonds is 3. The van der Waals surface area contributed by atoms with Crippen molar-refractivity contribution < 1.29 is 20.1 Å². The Labute approximate surface area is 141 Å². The Morgan fingerprint density at radius 3 is 2.75 bits per heavy atom. The van der Waals surface area contributed by atoms with Crippen LogP contribution in [-0.2, 0) is 11.8 Å². The number of aliphatic hydroxyl groups is 3. The van der Waals surface area contributed by atoms with Gasteiger partial charge in [-0.25, -0.2) is 9.97 Å². The van der Waals surface area contributed by atoms with Crippen LogP contribution in [0.3, 0.4) is 0 Å². The summed E-state index contributed by atoms with van der Waals surface area (Å²) in [5.74, 6) is 0. The number of aromatic nitrogens is 4. The van der Waals surface area contributed by atoms with Crippen molar-refractivity contribution in [2.75, 3.05) is 12.9 Å². The molecule has 1 aliphatic heterocycles. The minimum Gasteiger partial charge on any atom is -0.394 e. The molecule has 1 aliphatic rings. The van der Waals surface area contributed by atoms with E-state index in [4.69, 9.17) is 4.74 Å². The highest BCUT2D eigenvalue weighted by molar-refractivity contribution is 7.98. The Hall–Kier alpha value is -1.65.